The fourth-order valence-electron chi connectivity index (χ4n) is 3.64. The molecule has 1 unspecified atom stereocenters. The Kier molecular flexibility index (Phi) is 5.55. The minimum Gasteiger partial charge on any atom is -0.363 e. The number of aryl methyl sites for hydroxylation is 1. The molecule has 0 aliphatic heterocycles. The lowest BCUT2D eigenvalue weighted by Gasteiger charge is -2.17. The molecule has 0 fully saturated rings. The van der Waals surface area contributed by atoms with Crippen LogP contribution in [0.5, 0.6) is 0 Å². The lowest BCUT2D eigenvalue weighted by molar-refractivity contribution is 0.868. The maximum atomic E-state index is 5.93. The molecule has 5 aromatic rings. The predicted octanol–water partition coefficient (Wildman–Crippen LogP) is 6.95. The molecule has 5 nitrogen and oxygen atoms in total. The van der Waals surface area contributed by atoms with Gasteiger partial charge in [0.2, 0.25) is 0 Å². The van der Waals surface area contributed by atoms with E-state index in [1.807, 2.05) is 30.6 Å². The van der Waals surface area contributed by atoms with Crippen LogP contribution in [0.4, 0.5) is 5.82 Å². The molecule has 0 aliphatic carbocycles. The molecule has 0 spiro atoms. The third-order valence-corrected chi connectivity index (χ3v) is 6.29. The molecule has 3 aromatic heterocycles. The Morgan fingerprint density at radius 2 is 1.78 bits per heavy atom. The van der Waals surface area contributed by atoms with E-state index < -0.39 is 0 Å². The summed E-state index contributed by atoms with van der Waals surface area (Å²) in [4.78, 5) is 17.8. The first-order valence-electron chi connectivity index (χ1n) is 10.2. The summed E-state index contributed by atoms with van der Waals surface area (Å²) in [7, 11) is 0. The largest absolute Gasteiger partial charge is 0.363 e. The summed E-state index contributed by atoms with van der Waals surface area (Å²) in [5, 5.41) is 4.02. The van der Waals surface area contributed by atoms with Crippen LogP contribution in [-0.4, -0.2) is 19.9 Å². The second-order valence-electron chi connectivity index (χ2n) is 7.58. The van der Waals surface area contributed by atoms with Gasteiger partial charge in [-0.05, 0) is 55.3 Å². The molecule has 7 heteroatoms. The van der Waals surface area contributed by atoms with Gasteiger partial charge in [0.15, 0.2) is 0 Å². The van der Waals surface area contributed by atoms with Crippen molar-refractivity contribution in [2.45, 2.75) is 19.9 Å². The number of benzene rings is 2. The fourth-order valence-corrected chi connectivity index (χ4v) is 4.47. The number of halogens is 1. The van der Waals surface area contributed by atoms with Crippen LogP contribution in [0.1, 0.15) is 24.4 Å². The Balaban J connectivity index is 1.41. The molecular weight excluding hydrogens is 438 g/mol. The van der Waals surface area contributed by atoms with Crippen molar-refractivity contribution < 1.29 is 0 Å². The van der Waals surface area contributed by atoms with Crippen LogP contribution in [0, 0.1) is 6.92 Å². The van der Waals surface area contributed by atoms with Crippen molar-refractivity contribution in [1.82, 2.24) is 19.9 Å². The van der Waals surface area contributed by atoms with E-state index in [4.69, 9.17) is 11.6 Å². The van der Waals surface area contributed by atoms with Crippen molar-refractivity contribution in [2.75, 3.05) is 5.32 Å². The van der Waals surface area contributed by atoms with E-state index in [9.17, 15) is 0 Å². The topological polar surface area (TPSA) is 63.6 Å². The Hall–Kier alpha value is -3.35. The highest BCUT2D eigenvalue weighted by Gasteiger charge is 2.11. The molecule has 0 saturated carbocycles. The highest BCUT2D eigenvalue weighted by Crippen LogP contribution is 2.28. The van der Waals surface area contributed by atoms with Crippen molar-refractivity contribution in [3.8, 4) is 22.4 Å². The fraction of sp³-hybridized carbons (Fsp3) is 0.120. The number of hydrogen-bond acceptors (Lipinski definition) is 6. The van der Waals surface area contributed by atoms with E-state index in [2.05, 4.69) is 68.6 Å². The monoisotopic (exact) mass is 457 g/mol. The second-order valence-corrected chi connectivity index (χ2v) is 8.86. The first kappa shape index (κ1) is 20.5. The summed E-state index contributed by atoms with van der Waals surface area (Å²) in [6, 6.07) is 20.5. The van der Waals surface area contributed by atoms with Crippen LogP contribution >= 0.6 is 22.9 Å². The third-order valence-electron chi connectivity index (χ3n) is 5.28. The van der Waals surface area contributed by atoms with Gasteiger partial charge in [0, 0.05) is 29.4 Å². The summed E-state index contributed by atoms with van der Waals surface area (Å²) in [5.41, 5.74) is 8.10. The van der Waals surface area contributed by atoms with Gasteiger partial charge < -0.3 is 5.32 Å². The van der Waals surface area contributed by atoms with Gasteiger partial charge in [0.1, 0.15) is 16.8 Å². The van der Waals surface area contributed by atoms with Crippen LogP contribution in [0.2, 0.25) is 5.15 Å². The van der Waals surface area contributed by atoms with Gasteiger partial charge in [-0.3, -0.25) is 0 Å². The minimum absolute atomic E-state index is 0.0568. The highest BCUT2D eigenvalue weighted by molar-refractivity contribution is 7.16. The predicted molar refractivity (Wildman–Crippen MR) is 132 cm³/mol. The average Bonchev–Trinajstić information content (AvgIpc) is 3.27. The van der Waals surface area contributed by atoms with E-state index in [0.29, 0.717) is 5.15 Å². The number of aromatic nitrogens is 4. The number of nitrogens with one attached hydrogen (secondary N) is 1. The first-order chi connectivity index (χ1) is 15.5. The van der Waals surface area contributed by atoms with Gasteiger partial charge in [-0.1, -0.05) is 35.9 Å². The average molecular weight is 458 g/mol. The van der Waals surface area contributed by atoms with Crippen LogP contribution in [0.25, 0.3) is 32.6 Å². The third kappa shape index (κ3) is 4.33. The Bertz CT molecular complexity index is 1400. The summed E-state index contributed by atoms with van der Waals surface area (Å²) in [6.07, 6.45) is 1.79. The highest BCUT2D eigenvalue weighted by atomic mass is 35.5. The SMILES string of the molecule is Cc1nc(NC(C)c2cccc(-c3ccc(Cl)nc3)c2)cc(-c2ccc3ncsc3c2)n1. The zero-order valence-corrected chi connectivity index (χ0v) is 19.2. The van der Waals surface area contributed by atoms with Crippen LogP contribution in [0.15, 0.2) is 72.4 Å². The lowest BCUT2D eigenvalue weighted by atomic mass is 10.0. The van der Waals surface area contributed by atoms with E-state index in [0.717, 1.165) is 49.8 Å². The lowest BCUT2D eigenvalue weighted by Crippen LogP contribution is -2.09. The number of rotatable bonds is 5. The molecule has 0 saturated heterocycles. The molecule has 1 N–H and O–H groups in total. The van der Waals surface area contributed by atoms with E-state index in [1.54, 1.807) is 23.6 Å². The van der Waals surface area contributed by atoms with Crippen molar-refractivity contribution >= 4 is 39.0 Å². The van der Waals surface area contributed by atoms with Gasteiger partial charge in [-0.2, -0.15) is 0 Å². The van der Waals surface area contributed by atoms with Crippen molar-refractivity contribution in [3.05, 3.63) is 88.9 Å². The molecule has 32 heavy (non-hydrogen) atoms. The Morgan fingerprint density at radius 3 is 2.62 bits per heavy atom. The van der Waals surface area contributed by atoms with Crippen LogP contribution < -0.4 is 5.32 Å². The van der Waals surface area contributed by atoms with E-state index in [1.165, 1.54) is 0 Å². The summed E-state index contributed by atoms with van der Waals surface area (Å²) >= 11 is 7.56. The van der Waals surface area contributed by atoms with Crippen LogP contribution in [0.3, 0.4) is 0 Å². The van der Waals surface area contributed by atoms with E-state index in [-0.39, 0.29) is 6.04 Å². The standard InChI is InChI=1S/C25H20ClN5S/c1-15(17-4-3-5-18(10-17)20-7-9-24(26)27-13-20)29-25-12-22(30-16(2)31-25)19-6-8-21-23(11-19)32-14-28-21/h3-15H,1-2H3,(H,29,30,31). The number of hydrogen-bond donors (Lipinski definition) is 1. The number of nitrogens with zero attached hydrogens (tertiary/aromatic N) is 4. The zero-order chi connectivity index (χ0) is 22.1. The molecule has 0 bridgehead atoms. The molecule has 1 atom stereocenters. The maximum Gasteiger partial charge on any atom is 0.130 e. The molecule has 0 amide bonds. The van der Waals surface area contributed by atoms with Gasteiger partial charge >= 0.3 is 0 Å². The smallest absolute Gasteiger partial charge is 0.130 e. The van der Waals surface area contributed by atoms with Gasteiger partial charge in [0.05, 0.1) is 21.4 Å². The second kappa shape index (κ2) is 8.65. The van der Waals surface area contributed by atoms with Gasteiger partial charge in [-0.15, -0.1) is 11.3 Å². The van der Waals surface area contributed by atoms with Gasteiger partial charge in [0.25, 0.3) is 0 Å². The summed E-state index contributed by atoms with van der Waals surface area (Å²) < 4.78 is 1.15. The minimum atomic E-state index is 0.0568. The molecule has 0 aliphatic rings. The molecular formula is C25H20ClN5S. The summed E-state index contributed by atoms with van der Waals surface area (Å²) in [5.74, 6) is 1.52. The molecule has 0 radical (unpaired) electrons. The number of pyridine rings is 1. The molecule has 2 aromatic carbocycles. The Labute approximate surface area is 195 Å². The molecule has 3 heterocycles. The van der Waals surface area contributed by atoms with E-state index >= 15 is 0 Å². The normalized spacial score (nSPS) is 12.1. The Morgan fingerprint density at radius 1 is 0.906 bits per heavy atom. The van der Waals surface area contributed by atoms with Gasteiger partial charge in [-0.25, -0.2) is 19.9 Å². The van der Waals surface area contributed by atoms with Crippen molar-refractivity contribution in [1.29, 1.82) is 0 Å². The molecule has 158 valence electrons. The number of anilines is 1. The molecule has 5 rings (SSSR count). The number of fused-ring (bicyclic) bond motifs is 1. The number of thiazole rings is 1. The van der Waals surface area contributed by atoms with Crippen molar-refractivity contribution in [3.63, 3.8) is 0 Å². The van der Waals surface area contributed by atoms with Crippen molar-refractivity contribution in [2.24, 2.45) is 0 Å². The maximum absolute atomic E-state index is 5.93. The van der Waals surface area contributed by atoms with Crippen LogP contribution in [-0.2, 0) is 0 Å². The first-order valence-corrected chi connectivity index (χ1v) is 11.5. The quantitative estimate of drug-likeness (QED) is 0.289. The zero-order valence-electron chi connectivity index (χ0n) is 17.6. The summed E-state index contributed by atoms with van der Waals surface area (Å²) in [6.45, 7) is 4.04.